The molecule has 2 aliphatic rings. The molecule has 1 aliphatic carbocycles. The third kappa shape index (κ3) is 2.83. The van der Waals surface area contributed by atoms with E-state index in [1.54, 1.807) is 0 Å². The quantitative estimate of drug-likeness (QED) is 0.845. The van der Waals surface area contributed by atoms with Crippen LogP contribution in [0.4, 0.5) is 0 Å². The number of likely N-dealkylation sites (tertiary alicyclic amines) is 1. The van der Waals surface area contributed by atoms with E-state index >= 15 is 0 Å². The van der Waals surface area contributed by atoms with Gasteiger partial charge in [-0.3, -0.25) is 9.47 Å². The molecule has 1 aliphatic heterocycles. The number of nitrogens with zero attached hydrogens (tertiary/aromatic N) is 4. The Morgan fingerprint density at radius 2 is 2.04 bits per heavy atom. The predicted molar refractivity (Wildman–Crippen MR) is 95.1 cm³/mol. The molecule has 1 saturated carbocycles. The smallest absolute Gasteiger partial charge is 0.199 e. The largest absolute Gasteiger partial charge is 0.388 e. The second kappa shape index (κ2) is 6.43. The van der Waals surface area contributed by atoms with Gasteiger partial charge in [0.2, 0.25) is 0 Å². The van der Waals surface area contributed by atoms with Crippen LogP contribution >= 0.6 is 12.2 Å². The van der Waals surface area contributed by atoms with Crippen molar-refractivity contribution in [3.05, 3.63) is 46.0 Å². The number of aliphatic hydroxyl groups is 1. The molecule has 2 heterocycles. The molecule has 5 nitrogen and oxygen atoms in total. The summed E-state index contributed by atoms with van der Waals surface area (Å²) in [5, 5.41) is 14.2. The Morgan fingerprint density at radius 1 is 1.25 bits per heavy atom. The number of benzene rings is 1. The van der Waals surface area contributed by atoms with E-state index in [2.05, 4.69) is 41.2 Å². The fourth-order valence-corrected chi connectivity index (χ4v) is 4.20. The lowest BCUT2D eigenvalue weighted by atomic mass is 10.00. The van der Waals surface area contributed by atoms with E-state index in [0.717, 1.165) is 24.2 Å². The van der Waals surface area contributed by atoms with Crippen LogP contribution in [0.15, 0.2) is 24.3 Å². The topological polar surface area (TPSA) is 46.2 Å². The van der Waals surface area contributed by atoms with E-state index < -0.39 is 0 Å². The van der Waals surface area contributed by atoms with Gasteiger partial charge in [-0.2, -0.15) is 5.10 Å². The standard InChI is InChI=1S/C18H24N4OS/c1-13-5-2-3-6-15(13)16-7-4-10-20(16)12-21-18(24)22(14-8-9-14)17(11-23)19-21/h2-3,5-6,14,16,23H,4,7-12H2,1H3. The first-order valence-electron chi connectivity index (χ1n) is 8.77. The van der Waals surface area contributed by atoms with Crippen LogP contribution in [0.2, 0.25) is 0 Å². The molecule has 128 valence electrons. The molecular weight excluding hydrogens is 320 g/mol. The van der Waals surface area contributed by atoms with Crippen LogP contribution in [0.5, 0.6) is 0 Å². The lowest BCUT2D eigenvalue weighted by Crippen LogP contribution is -2.27. The van der Waals surface area contributed by atoms with Crippen molar-refractivity contribution in [3.8, 4) is 0 Å². The molecule has 24 heavy (non-hydrogen) atoms. The Hall–Kier alpha value is -1.50. The molecule has 1 saturated heterocycles. The van der Waals surface area contributed by atoms with Crippen LogP contribution < -0.4 is 0 Å². The Balaban J connectivity index is 1.61. The van der Waals surface area contributed by atoms with Gasteiger partial charge in [-0.25, -0.2) is 4.68 Å². The summed E-state index contributed by atoms with van der Waals surface area (Å²) in [6, 6.07) is 9.51. The zero-order valence-corrected chi connectivity index (χ0v) is 14.9. The highest BCUT2D eigenvalue weighted by Crippen LogP contribution is 2.37. The number of hydrogen-bond acceptors (Lipinski definition) is 4. The van der Waals surface area contributed by atoms with Gasteiger partial charge in [0.25, 0.3) is 0 Å². The molecule has 0 radical (unpaired) electrons. The van der Waals surface area contributed by atoms with Gasteiger partial charge < -0.3 is 5.11 Å². The van der Waals surface area contributed by atoms with E-state index in [4.69, 9.17) is 12.2 Å². The minimum Gasteiger partial charge on any atom is -0.388 e. The van der Waals surface area contributed by atoms with Crippen LogP contribution in [-0.4, -0.2) is 30.9 Å². The normalized spacial score (nSPS) is 21.5. The average molecular weight is 344 g/mol. The van der Waals surface area contributed by atoms with Crippen molar-refractivity contribution in [2.75, 3.05) is 6.54 Å². The van der Waals surface area contributed by atoms with Gasteiger partial charge in [0, 0.05) is 18.6 Å². The van der Waals surface area contributed by atoms with Gasteiger partial charge >= 0.3 is 0 Å². The zero-order chi connectivity index (χ0) is 16.7. The molecule has 6 heteroatoms. The van der Waals surface area contributed by atoms with Crippen molar-refractivity contribution in [3.63, 3.8) is 0 Å². The first-order chi connectivity index (χ1) is 11.7. The van der Waals surface area contributed by atoms with Crippen molar-refractivity contribution in [1.82, 2.24) is 19.2 Å². The Bertz CT molecular complexity index is 793. The Labute approximate surface area is 147 Å². The van der Waals surface area contributed by atoms with Gasteiger partial charge in [0.15, 0.2) is 10.6 Å². The Kier molecular flexibility index (Phi) is 4.28. The van der Waals surface area contributed by atoms with Gasteiger partial charge in [-0.1, -0.05) is 24.3 Å². The van der Waals surface area contributed by atoms with Gasteiger partial charge in [0.05, 0.1) is 6.67 Å². The summed E-state index contributed by atoms with van der Waals surface area (Å²) in [6.07, 6.45) is 4.65. The molecule has 0 spiro atoms. The van der Waals surface area contributed by atoms with Gasteiger partial charge in [-0.05, 0) is 56.0 Å². The number of hydrogen-bond donors (Lipinski definition) is 1. The SMILES string of the molecule is Cc1ccccc1C1CCCN1Cn1nc(CO)n(C2CC2)c1=S. The summed E-state index contributed by atoms with van der Waals surface area (Å²) in [7, 11) is 0. The molecule has 1 aromatic heterocycles. The van der Waals surface area contributed by atoms with E-state index in [0.29, 0.717) is 24.6 Å². The first kappa shape index (κ1) is 16.0. The fourth-order valence-electron chi connectivity index (χ4n) is 3.84. The van der Waals surface area contributed by atoms with E-state index in [-0.39, 0.29) is 6.61 Å². The molecule has 1 aromatic carbocycles. The van der Waals surface area contributed by atoms with E-state index in [1.165, 1.54) is 24.0 Å². The van der Waals surface area contributed by atoms with E-state index in [9.17, 15) is 5.11 Å². The zero-order valence-electron chi connectivity index (χ0n) is 14.1. The maximum Gasteiger partial charge on any atom is 0.199 e. The molecule has 1 unspecified atom stereocenters. The van der Waals surface area contributed by atoms with Crippen molar-refractivity contribution in [1.29, 1.82) is 0 Å². The van der Waals surface area contributed by atoms with Gasteiger partial charge in [-0.15, -0.1) is 0 Å². The number of rotatable bonds is 5. The number of aliphatic hydroxyl groups excluding tert-OH is 1. The summed E-state index contributed by atoms with van der Waals surface area (Å²) in [4.78, 5) is 2.46. The summed E-state index contributed by atoms with van der Waals surface area (Å²) in [5.74, 6) is 0.703. The van der Waals surface area contributed by atoms with Crippen LogP contribution in [0.25, 0.3) is 0 Å². The minimum absolute atomic E-state index is 0.0473. The molecule has 4 rings (SSSR count). The molecule has 1 atom stereocenters. The summed E-state index contributed by atoms with van der Waals surface area (Å²) in [6.45, 7) is 3.90. The predicted octanol–water partition coefficient (Wildman–Crippen LogP) is 3.34. The maximum absolute atomic E-state index is 9.60. The van der Waals surface area contributed by atoms with Crippen LogP contribution in [-0.2, 0) is 13.3 Å². The highest BCUT2D eigenvalue weighted by atomic mass is 32.1. The molecule has 2 fully saturated rings. The maximum atomic E-state index is 9.60. The number of aryl methyl sites for hydroxylation is 1. The molecule has 0 bridgehead atoms. The van der Waals surface area contributed by atoms with E-state index in [1.807, 2.05) is 9.25 Å². The summed E-state index contributed by atoms with van der Waals surface area (Å²) < 4.78 is 4.70. The van der Waals surface area contributed by atoms with Crippen LogP contribution in [0.1, 0.15) is 54.7 Å². The van der Waals surface area contributed by atoms with Crippen LogP contribution in [0, 0.1) is 11.7 Å². The van der Waals surface area contributed by atoms with Crippen molar-refractivity contribution in [2.45, 2.75) is 58.0 Å². The average Bonchev–Trinajstić information content (AvgIpc) is 3.23. The fraction of sp³-hybridized carbons (Fsp3) is 0.556. The highest BCUT2D eigenvalue weighted by Gasteiger charge is 2.31. The molecular formula is C18H24N4OS. The summed E-state index contributed by atoms with van der Waals surface area (Å²) in [5.41, 5.74) is 2.75. The van der Waals surface area contributed by atoms with Crippen molar-refractivity contribution in [2.24, 2.45) is 0 Å². The van der Waals surface area contributed by atoms with Gasteiger partial charge in [0.1, 0.15) is 6.61 Å². The van der Waals surface area contributed by atoms with Crippen molar-refractivity contribution >= 4 is 12.2 Å². The lowest BCUT2D eigenvalue weighted by Gasteiger charge is -2.25. The second-order valence-electron chi connectivity index (χ2n) is 6.93. The highest BCUT2D eigenvalue weighted by molar-refractivity contribution is 7.71. The lowest BCUT2D eigenvalue weighted by molar-refractivity contribution is 0.187. The Morgan fingerprint density at radius 3 is 2.75 bits per heavy atom. The third-order valence-corrected chi connectivity index (χ3v) is 5.63. The molecule has 2 aromatic rings. The third-order valence-electron chi connectivity index (χ3n) is 5.22. The van der Waals surface area contributed by atoms with Crippen molar-refractivity contribution < 1.29 is 5.11 Å². The first-order valence-corrected chi connectivity index (χ1v) is 9.18. The number of aromatic nitrogens is 3. The second-order valence-corrected chi connectivity index (χ2v) is 7.29. The monoisotopic (exact) mass is 344 g/mol. The minimum atomic E-state index is -0.0473. The van der Waals surface area contributed by atoms with Crippen LogP contribution in [0.3, 0.4) is 0 Å². The molecule has 0 amide bonds. The summed E-state index contributed by atoms with van der Waals surface area (Å²) >= 11 is 5.64. The molecule has 1 N–H and O–H groups in total.